The summed E-state index contributed by atoms with van der Waals surface area (Å²) in [5, 5.41) is 3.20. The van der Waals surface area contributed by atoms with Crippen LogP contribution in [-0.4, -0.2) is 48.9 Å². The molecule has 1 N–H and O–H groups in total. The molecule has 1 aliphatic heterocycles. The van der Waals surface area contributed by atoms with Crippen molar-refractivity contribution in [2.45, 2.75) is 19.5 Å². The van der Waals surface area contributed by atoms with Crippen LogP contribution in [0, 0.1) is 0 Å². The smallest absolute Gasteiger partial charge is 0.242 e. The normalized spacial score (nSPS) is 13.9. The second-order valence-corrected chi connectivity index (χ2v) is 7.54. The molecule has 6 heteroatoms. The number of carbonyl (C=O) groups excluding carboxylic acids is 1. The van der Waals surface area contributed by atoms with Crippen LogP contribution in [0.5, 0.6) is 0 Å². The third-order valence-electron chi connectivity index (χ3n) is 4.82. The van der Waals surface area contributed by atoms with Crippen molar-refractivity contribution in [3.05, 3.63) is 69.7 Å². The Kier molecular flexibility index (Phi) is 6.50. The first-order chi connectivity index (χ1) is 13.1. The molecule has 0 bridgehead atoms. The van der Waals surface area contributed by atoms with E-state index >= 15 is 0 Å². The number of hydrogen-bond donors (Lipinski definition) is 1. The lowest BCUT2D eigenvalue weighted by Gasteiger charge is -2.30. The number of amides is 1. The fourth-order valence-corrected chi connectivity index (χ4v) is 3.73. The van der Waals surface area contributed by atoms with Gasteiger partial charge < -0.3 is 15.1 Å². The van der Waals surface area contributed by atoms with Crippen molar-refractivity contribution >= 4 is 27.8 Å². The number of carbonyl (C=O) groups is 1. The Morgan fingerprint density at radius 1 is 1.19 bits per heavy atom. The van der Waals surface area contributed by atoms with Gasteiger partial charge >= 0.3 is 0 Å². The van der Waals surface area contributed by atoms with Crippen LogP contribution in [-0.2, 0) is 24.3 Å². The maximum absolute atomic E-state index is 12.6. The lowest BCUT2D eigenvalue weighted by Crippen LogP contribution is -2.46. The SMILES string of the molecule is CN=C(NCC(=O)N1CCc2ccccc2C1)N(C)Cc1ccccc1Br. The number of nitrogens with zero attached hydrogens (tertiary/aromatic N) is 3. The van der Waals surface area contributed by atoms with Crippen LogP contribution in [0.2, 0.25) is 0 Å². The molecule has 1 heterocycles. The number of hydrogen-bond acceptors (Lipinski definition) is 2. The van der Waals surface area contributed by atoms with Crippen molar-refractivity contribution in [3.63, 3.8) is 0 Å². The second-order valence-electron chi connectivity index (χ2n) is 6.68. The Hall–Kier alpha value is -2.34. The molecular weight excluding hydrogens is 404 g/mol. The molecule has 0 spiro atoms. The van der Waals surface area contributed by atoms with Crippen LogP contribution in [0.15, 0.2) is 58.0 Å². The fraction of sp³-hybridized carbons (Fsp3) is 0.333. The number of rotatable bonds is 4. The number of fused-ring (bicyclic) bond motifs is 1. The summed E-state index contributed by atoms with van der Waals surface area (Å²) in [7, 11) is 3.71. The minimum atomic E-state index is 0.0972. The molecule has 0 aliphatic carbocycles. The van der Waals surface area contributed by atoms with Gasteiger partial charge in [-0.2, -0.15) is 0 Å². The summed E-state index contributed by atoms with van der Waals surface area (Å²) in [5.74, 6) is 0.802. The van der Waals surface area contributed by atoms with Crippen LogP contribution < -0.4 is 5.32 Å². The molecule has 2 aromatic rings. The average molecular weight is 429 g/mol. The molecule has 0 saturated carbocycles. The second kappa shape index (κ2) is 9.04. The van der Waals surface area contributed by atoms with Gasteiger partial charge in [0.2, 0.25) is 5.91 Å². The molecular formula is C21H25BrN4O. The first-order valence-corrected chi connectivity index (χ1v) is 9.87. The molecule has 1 aliphatic rings. The molecule has 0 saturated heterocycles. The molecule has 0 fully saturated rings. The third kappa shape index (κ3) is 4.89. The van der Waals surface area contributed by atoms with Gasteiger partial charge in [-0.15, -0.1) is 0 Å². The zero-order chi connectivity index (χ0) is 19.2. The van der Waals surface area contributed by atoms with Crippen LogP contribution in [0.25, 0.3) is 0 Å². The lowest BCUT2D eigenvalue weighted by atomic mass is 10.00. The fourth-order valence-electron chi connectivity index (χ4n) is 3.32. The van der Waals surface area contributed by atoms with Gasteiger partial charge in [0.25, 0.3) is 0 Å². The molecule has 142 valence electrons. The van der Waals surface area contributed by atoms with E-state index in [2.05, 4.69) is 50.5 Å². The van der Waals surface area contributed by atoms with Crippen molar-refractivity contribution in [1.82, 2.24) is 15.1 Å². The first-order valence-electron chi connectivity index (χ1n) is 9.08. The van der Waals surface area contributed by atoms with Crippen LogP contribution >= 0.6 is 15.9 Å². The largest absolute Gasteiger partial charge is 0.347 e. The third-order valence-corrected chi connectivity index (χ3v) is 5.59. The van der Waals surface area contributed by atoms with E-state index in [1.54, 1.807) is 7.05 Å². The zero-order valence-electron chi connectivity index (χ0n) is 15.8. The highest BCUT2D eigenvalue weighted by molar-refractivity contribution is 9.10. The Morgan fingerprint density at radius 2 is 1.89 bits per heavy atom. The minimum Gasteiger partial charge on any atom is -0.347 e. The summed E-state index contributed by atoms with van der Waals surface area (Å²) in [6.07, 6.45) is 0.915. The van der Waals surface area contributed by atoms with Gasteiger partial charge in [-0.3, -0.25) is 9.79 Å². The summed E-state index contributed by atoms with van der Waals surface area (Å²) in [6, 6.07) is 16.5. The zero-order valence-corrected chi connectivity index (χ0v) is 17.4. The summed E-state index contributed by atoms with van der Waals surface area (Å²) < 4.78 is 1.07. The van der Waals surface area contributed by atoms with Gasteiger partial charge in [-0.05, 0) is 29.2 Å². The molecule has 0 aromatic heterocycles. The Labute approximate surface area is 169 Å². The highest BCUT2D eigenvalue weighted by Crippen LogP contribution is 2.19. The molecule has 1 amide bonds. The van der Waals surface area contributed by atoms with E-state index in [1.807, 2.05) is 41.1 Å². The molecule has 5 nitrogen and oxygen atoms in total. The van der Waals surface area contributed by atoms with Gasteiger partial charge in [0.05, 0.1) is 6.54 Å². The lowest BCUT2D eigenvalue weighted by molar-refractivity contribution is -0.130. The van der Waals surface area contributed by atoms with Crippen molar-refractivity contribution in [3.8, 4) is 0 Å². The summed E-state index contributed by atoms with van der Waals surface area (Å²) >= 11 is 3.58. The monoisotopic (exact) mass is 428 g/mol. The van der Waals surface area contributed by atoms with Crippen molar-refractivity contribution in [2.75, 3.05) is 27.2 Å². The van der Waals surface area contributed by atoms with E-state index in [9.17, 15) is 4.79 Å². The van der Waals surface area contributed by atoms with Gasteiger partial charge in [0.15, 0.2) is 5.96 Å². The summed E-state index contributed by atoms with van der Waals surface area (Å²) in [5.41, 5.74) is 3.76. The van der Waals surface area contributed by atoms with E-state index in [-0.39, 0.29) is 12.5 Å². The van der Waals surface area contributed by atoms with Crippen LogP contribution in [0.3, 0.4) is 0 Å². The van der Waals surface area contributed by atoms with Crippen molar-refractivity contribution in [1.29, 1.82) is 0 Å². The topological polar surface area (TPSA) is 47.9 Å². The molecule has 0 radical (unpaired) electrons. The Morgan fingerprint density at radius 3 is 2.63 bits per heavy atom. The molecule has 3 rings (SSSR count). The first kappa shape index (κ1) is 19.4. The van der Waals surface area contributed by atoms with Crippen molar-refractivity contribution < 1.29 is 4.79 Å². The van der Waals surface area contributed by atoms with Gasteiger partial charge in [-0.25, -0.2) is 0 Å². The van der Waals surface area contributed by atoms with E-state index in [1.165, 1.54) is 16.7 Å². The van der Waals surface area contributed by atoms with Crippen LogP contribution in [0.1, 0.15) is 16.7 Å². The molecule has 0 atom stereocenters. The van der Waals surface area contributed by atoms with Gasteiger partial charge in [0, 0.05) is 38.2 Å². The minimum absolute atomic E-state index is 0.0972. The number of halogens is 1. The molecule has 2 aromatic carbocycles. The number of benzene rings is 2. The highest BCUT2D eigenvalue weighted by Gasteiger charge is 2.20. The van der Waals surface area contributed by atoms with Gasteiger partial charge in [-0.1, -0.05) is 58.4 Å². The van der Waals surface area contributed by atoms with E-state index in [0.717, 1.165) is 17.4 Å². The standard InChI is InChI=1S/C21H25BrN4O/c1-23-21(25(2)14-18-9-5-6-10-19(18)22)24-13-20(27)26-12-11-16-7-3-4-8-17(16)15-26/h3-10H,11-15H2,1-2H3,(H,23,24). The number of nitrogens with one attached hydrogen (secondary N) is 1. The summed E-state index contributed by atoms with van der Waals surface area (Å²) in [4.78, 5) is 20.9. The number of aliphatic imine (C=N–C) groups is 1. The molecule has 0 unspecified atom stereocenters. The highest BCUT2D eigenvalue weighted by atomic mass is 79.9. The van der Waals surface area contributed by atoms with Gasteiger partial charge in [0.1, 0.15) is 0 Å². The quantitative estimate of drug-likeness (QED) is 0.601. The van der Waals surface area contributed by atoms with E-state index < -0.39 is 0 Å². The maximum atomic E-state index is 12.6. The van der Waals surface area contributed by atoms with Crippen LogP contribution in [0.4, 0.5) is 0 Å². The van der Waals surface area contributed by atoms with E-state index in [4.69, 9.17) is 0 Å². The van der Waals surface area contributed by atoms with Crippen molar-refractivity contribution in [2.24, 2.45) is 4.99 Å². The summed E-state index contributed by atoms with van der Waals surface area (Å²) in [6.45, 7) is 2.40. The maximum Gasteiger partial charge on any atom is 0.242 e. The Balaban J connectivity index is 1.55. The predicted octanol–water partition coefficient (Wildman–Crippen LogP) is 3.04. The predicted molar refractivity (Wildman–Crippen MR) is 113 cm³/mol. The molecule has 27 heavy (non-hydrogen) atoms. The average Bonchev–Trinajstić information content (AvgIpc) is 2.69. The number of guanidine groups is 1. The van der Waals surface area contributed by atoms with E-state index in [0.29, 0.717) is 19.0 Å². The Bertz CT molecular complexity index is 836.